The third-order valence-electron chi connectivity index (χ3n) is 2.58. The van der Waals surface area contributed by atoms with E-state index in [4.69, 9.17) is 16.4 Å². The Kier molecular flexibility index (Phi) is 7.46. The highest BCUT2D eigenvalue weighted by atomic mass is 35.5. The van der Waals surface area contributed by atoms with Crippen LogP contribution in [-0.2, 0) is 16.2 Å². The van der Waals surface area contributed by atoms with Crippen LogP contribution in [0.5, 0.6) is 0 Å². The normalized spacial score (nSPS) is 10.3. The molecular formula is C14H20ClNO2. The van der Waals surface area contributed by atoms with Crippen LogP contribution in [0, 0.1) is 0 Å². The van der Waals surface area contributed by atoms with Gasteiger partial charge < -0.3 is 0 Å². The predicted octanol–water partition coefficient (Wildman–Crippen LogP) is 3.38. The van der Waals surface area contributed by atoms with Crippen molar-refractivity contribution in [2.24, 2.45) is 0 Å². The Balaban J connectivity index is 2.32. The number of hydrogen-bond acceptors (Lipinski definition) is 2. The van der Waals surface area contributed by atoms with Gasteiger partial charge in [-0.1, -0.05) is 36.8 Å². The van der Waals surface area contributed by atoms with Crippen LogP contribution in [0.3, 0.4) is 0 Å². The molecule has 0 aliphatic carbocycles. The van der Waals surface area contributed by atoms with Crippen molar-refractivity contribution < 1.29 is 9.63 Å². The maximum absolute atomic E-state index is 11.4. The topological polar surface area (TPSA) is 29.5 Å². The zero-order valence-electron chi connectivity index (χ0n) is 10.8. The first-order chi connectivity index (χ1) is 8.74. The third-order valence-corrected chi connectivity index (χ3v) is 2.84. The summed E-state index contributed by atoms with van der Waals surface area (Å²) in [5, 5.41) is 1.43. The van der Waals surface area contributed by atoms with E-state index in [2.05, 4.69) is 0 Å². The fourth-order valence-electron chi connectivity index (χ4n) is 1.57. The van der Waals surface area contributed by atoms with Crippen LogP contribution in [0.25, 0.3) is 0 Å². The zero-order valence-corrected chi connectivity index (χ0v) is 11.5. The lowest BCUT2D eigenvalue weighted by molar-refractivity contribution is -0.189. The quantitative estimate of drug-likeness (QED) is 0.411. The SMILES string of the molecule is CC(=O)N(CCCCCCl)OCc1ccccc1. The molecule has 0 aromatic heterocycles. The van der Waals surface area contributed by atoms with Gasteiger partial charge in [0, 0.05) is 19.3 Å². The van der Waals surface area contributed by atoms with Gasteiger partial charge in [-0.3, -0.25) is 9.63 Å². The minimum Gasteiger partial charge on any atom is -0.273 e. The van der Waals surface area contributed by atoms with Gasteiger partial charge in [-0.15, -0.1) is 11.6 Å². The van der Waals surface area contributed by atoms with Crippen molar-refractivity contribution in [1.29, 1.82) is 0 Å². The van der Waals surface area contributed by atoms with Crippen LogP contribution in [0.4, 0.5) is 0 Å². The van der Waals surface area contributed by atoms with E-state index in [1.54, 1.807) is 0 Å². The van der Waals surface area contributed by atoms with E-state index in [0.717, 1.165) is 24.8 Å². The minimum atomic E-state index is -0.0585. The number of hydroxylamine groups is 2. The van der Waals surface area contributed by atoms with Gasteiger partial charge >= 0.3 is 0 Å². The van der Waals surface area contributed by atoms with Crippen molar-refractivity contribution in [2.45, 2.75) is 32.8 Å². The van der Waals surface area contributed by atoms with Crippen LogP contribution in [0.15, 0.2) is 30.3 Å². The summed E-state index contributed by atoms with van der Waals surface area (Å²) in [6.07, 6.45) is 2.91. The standard InChI is InChI=1S/C14H20ClNO2/c1-13(17)16(11-7-3-6-10-15)18-12-14-8-4-2-5-9-14/h2,4-5,8-9H,3,6-7,10-12H2,1H3. The average Bonchev–Trinajstić information content (AvgIpc) is 2.38. The second kappa shape index (κ2) is 8.95. The number of hydrogen-bond donors (Lipinski definition) is 0. The molecule has 4 heteroatoms. The highest BCUT2D eigenvalue weighted by Gasteiger charge is 2.08. The van der Waals surface area contributed by atoms with Crippen LogP contribution in [-0.4, -0.2) is 23.4 Å². The van der Waals surface area contributed by atoms with Gasteiger partial charge in [0.1, 0.15) is 6.61 Å². The summed E-state index contributed by atoms with van der Waals surface area (Å²) < 4.78 is 0. The molecule has 18 heavy (non-hydrogen) atoms. The monoisotopic (exact) mass is 269 g/mol. The summed E-state index contributed by atoms with van der Waals surface area (Å²) in [4.78, 5) is 16.9. The second-order valence-corrected chi connectivity index (χ2v) is 4.51. The Labute approximate surface area is 114 Å². The van der Waals surface area contributed by atoms with Gasteiger partial charge in [0.2, 0.25) is 5.91 Å². The molecule has 0 N–H and O–H groups in total. The molecule has 0 bridgehead atoms. The Hall–Kier alpha value is -1.06. The first-order valence-corrected chi connectivity index (χ1v) is 6.78. The van der Waals surface area contributed by atoms with Crippen molar-refractivity contribution >= 4 is 17.5 Å². The molecule has 0 aliphatic heterocycles. The average molecular weight is 270 g/mol. The molecule has 0 heterocycles. The fraction of sp³-hybridized carbons (Fsp3) is 0.500. The number of alkyl halides is 1. The Morgan fingerprint density at radius 2 is 1.94 bits per heavy atom. The predicted molar refractivity (Wildman–Crippen MR) is 73.2 cm³/mol. The van der Waals surface area contributed by atoms with Gasteiger partial charge in [0.25, 0.3) is 0 Å². The van der Waals surface area contributed by atoms with Crippen molar-refractivity contribution in [3.63, 3.8) is 0 Å². The molecule has 0 atom stereocenters. The highest BCUT2D eigenvalue weighted by Crippen LogP contribution is 2.06. The van der Waals surface area contributed by atoms with E-state index in [1.165, 1.54) is 12.0 Å². The summed E-state index contributed by atoms with van der Waals surface area (Å²) in [5.41, 5.74) is 1.06. The molecule has 0 fully saturated rings. The molecule has 1 amide bonds. The van der Waals surface area contributed by atoms with Gasteiger partial charge in [0.15, 0.2) is 0 Å². The lowest BCUT2D eigenvalue weighted by atomic mass is 10.2. The number of carbonyl (C=O) groups excluding carboxylic acids is 1. The van der Waals surface area contributed by atoms with Crippen LogP contribution < -0.4 is 0 Å². The third kappa shape index (κ3) is 6.03. The van der Waals surface area contributed by atoms with E-state index >= 15 is 0 Å². The van der Waals surface area contributed by atoms with E-state index in [9.17, 15) is 4.79 Å². The summed E-state index contributed by atoms with van der Waals surface area (Å²) >= 11 is 5.61. The van der Waals surface area contributed by atoms with Gasteiger partial charge in [-0.05, 0) is 18.4 Å². The van der Waals surface area contributed by atoms with Gasteiger partial charge in [-0.25, -0.2) is 5.06 Å². The Bertz CT molecular complexity index is 343. The number of unbranched alkanes of at least 4 members (excludes halogenated alkanes) is 2. The lowest BCUT2D eigenvalue weighted by Gasteiger charge is -2.20. The van der Waals surface area contributed by atoms with E-state index in [1.807, 2.05) is 30.3 Å². The molecule has 0 saturated carbocycles. The summed E-state index contributed by atoms with van der Waals surface area (Å²) in [6.45, 7) is 2.57. The Morgan fingerprint density at radius 1 is 1.22 bits per heavy atom. The maximum atomic E-state index is 11.4. The summed E-state index contributed by atoms with van der Waals surface area (Å²) in [5.74, 6) is 0.613. The number of benzene rings is 1. The van der Waals surface area contributed by atoms with Gasteiger partial charge in [-0.2, -0.15) is 0 Å². The molecule has 3 nitrogen and oxygen atoms in total. The molecule has 1 rings (SSSR count). The maximum Gasteiger partial charge on any atom is 0.243 e. The number of nitrogens with zero attached hydrogens (tertiary/aromatic N) is 1. The summed E-state index contributed by atoms with van der Waals surface area (Å²) in [6, 6.07) is 9.82. The van der Waals surface area contributed by atoms with E-state index < -0.39 is 0 Å². The van der Waals surface area contributed by atoms with Crippen molar-refractivity contribution in [3.05, 3.63) is 35.9 Å². The number of carbonyl (C=O) groups is 1. The highest BCUT2D eigenvalue weighted by molar-refractivity contribution is 6.17. The van der Waals surface area contributed by atoms with Crippen LogP contribution >= 0.6 is 11.6 Å². The smallest absolute Gasteiger partial charge is 0.243 e. The molecule has 1 aromatic rings. The number of amides is 1. The lowest BCUT2D eigenvalue weighted by Crippen LogP contribution is -2.29. The van der Waals surface area contributed by atoms with Crippen LogP contribution in [0.1, 0.15) is 31.7 Å². The molecule has 0 aliphatic rings. The first kappa shape index (κ1) is 15.0. The molecule has 1 aromatic carbocycles. The first-order valence-electron chi connectivity index (χ1n) is 6.25. The molecular weight excluding hydrogens is 250 g/mol. The molecule has 0 unspecified atom stereocenters. The van der Waals surface area contributed by atoms with Crippen molar-refractivity contribution in [3.8, 4) is 0 Å². The van der Waals surface area contributed by atoms with Crippen molar-refractivity contribution in [1.82, 2.24) is 5.06 Å². The van der Waals surface area contributed by atoms with Crippen molar-refractivity contribution in [2.75, 3.05) is 12.4 Å². The fourth-order valence-corrected chi connectivity index (χ4v) is 1.76. The molecule has 100 valence electrons. The molecule has 0 radical (unpaired) electrons. The minimum absolute atomic E-state index is 0.0585. The summed E-state index contributed by atoms with van der Waals surface area (Å²) in [7, 11) is 0. The molecule has 0 saturated heterocycles. The zero-order chi connectivity index (χ0) is 13.2. The largest absolute Gasteiger partial charge is 0.273 e. The van der Waals surface area contributed by atoms with Gasteiger partial charge in [0.05, 0.1) is 0 Å². The van der Waals surface area contributed by atoms with E-state index in [-0.39, 0.29) is 5.91 Å². The molecule has 0 spiro atoms. The van der Waals surface area contributed by atoms with E-state index in [0.29, 0.717) is 19.0 Å². The number of halogens is 1. The van der Waals surface area contributed by atoms with Crippen LogP contribution in [0.2, 0.25) is 0 Å². The second-order valence-electron chi connectivity index (χ2n) is 4.13. The Morgan fingerprint density at radius 3 is 2.56 bits per heavy atom. The number of rotatable bonds is 8.